The highest BCUT2D eigenvalue weighted by molar-refractivity contribution is 14.1. The highest BCUT2D eigenvalue weighted by atomic mass is 127. The van der Waals surface area contributed by atoms with Gasteiger partial charge in [0.1, 0.15) is 0 Å². The second-order valence-corrected chi connectivity index (χ2v) is 4.38. The molecule has 0 saturated carbocycles. The van der Waals surface area contributed by atoms with Gasteiger partial charge in [0.15, 0.2) is 0 Å². The highest BCUT2D eigenvalue weighted by Gasteiger charge is 2.04. The fourth-order valence-corrected chi connectivity index (χ4v) is 1.83. The molecular weight excluding hydrogens is 284 g/mol. The first-order valence-corrected chi connectivity index (χ1v) is 5.25. The van der Waals surface area contributed by atoms with Crippen LogP contribution in [0.1, 0.15) is 12.5 Å². The quantitative estimate of drug-likeness (QED) is 0.834. The Morgan fingerprint density at radius 3 is 2.83 bits per heavy atom. The Balaban J connectivity index is 2.92. The third-order valence-corrected chi connectivity index (χ3v) is 3.48. The Kier molecular flexibility index (Phi) is 3.80. The van der Waals surface area contributed by atoms with Gasteiger partial charge in [0.2, 0.25) is 0 Å². The van der Waals surface area contributed by atoms with Gasteiger partial charge in [-0.3, -0.25) is 0 Å². The molecule has 3 heteroatoms. The zero-order valence-electron chi connectivity index (χ0n) is 6.85. The number of benzene rings is 1. The van der Waals surface area contributed by atoms with Crippen molar-refractivity contribution in [3.63, 3.8) is 0 Å². The van der Waals surface area contributed by atoms with Crippen LogP contribution in [0.5, 0.6) is 0 Å². The van der Waals surface area contributed by atoms with Gasteiger partial charge in [-0.2, -0.15) is 0 Å². The van der Waals surface area contributed by atoms with Crippen molar-refractivity contribution < 1.29 is 0 Å². The van der Waals surface area contributed by atoms with E-state index in [0.29, 0.717) is 0 Å². The summed E-state index contributed by atoms with van der Waals surface area (Å²) in [4.78, 5) is 0. The molecule has 0 amide bonds. The van der Waals surface area contributed by atoms with E-state index in [1.165, 1.54) is 5.56 Å². The summed E-state index contributed by atoms with van der Waals surface area (Å²) in [7, 11) is 0. The first-order chi connectivity index (χ1) is 5.61. The van der Waals surface area contributed by atoms with E-state index in [-0.39, 0.29) is 6.04 Å². The molecule has 1 aromatic carbocycles. The molecule has 12 heavy (non-hydrogen) atoms. The third kappa shape index (κ3) is 2.61. The van der Waals surface area contributed by atoms with Crippen LogP contribution in [-0.4, -0.2) is 6.04 Å². The maximum Gasteiger partial charge on any atom is 0.0542 e. The summed E-state index contributed by atoms with van der Waals surface area (Å²) in [5.41, 5.74) is 6.93. The van der Waals surface area contributed by atoms with Crippen molar-refractivity contribution in [3.8, 4) is 0 Å². The molecule has 0 aliphatic rings. The maximum absolute atomic E-state index is 5.95. The van der Waals surface area contributed by atoms with Gasteiger partial charge in [0.05, 0.1) is 5.02 Å². The predicted molar refractivity (Wildman–Crippen MR) is 61.5 cm³/mol. The molecule has 1 atom stereocenters. The molecule has 0 aliphatic heterocycles. The molecule has 0 unspecified atom stereocenters. The van der Waals surface area contributed by atoms with Gasteiger partial charge >= 0.3 is 0 Å². The van der Waals surface area contributed by atoms with Crippen LogP contribution >= 0.6 is 34.2 Å². The van der Waals surface area contributed by atoms with Crippen LogP contribution in [0.2, 0.25) is 5.02 Å². The standard InChI is InChI=1S/C9H11ClIN/c1-6(12)5-7-3-2-4-8(10)9(7)11/h2-4,6H,5,12H2,1H3/t6-/m1/s1. The molecule has 1 nitrogen and oxygen atoms in total. The van der Waals surface area contributed by atoms with Crippen LogP contribution in [0.4, 0.5) is 0 Å². The lowest BCUT2D eigenvalue weighted by atomic mass is 10.1. The van der Waals surface area contributed by atoms with Crippen molar-refractivity contribution in [2.75, 3.05) is 0 Å². The van der Waals surface area contributed by atoms with Gasteiger partial charge in [-0.05, 0) is 47.6 Å². The summed E-state index contributed by atoms with van der Waals surface area (Å²) in [5.74, 6) is 0. The monoisotopic (exact) mass is 295 g/mol. The van der Waals surface area contributed by atoms with E-state index in [1.807, 2.05) is 19.1 Å². The smallest absolute Gasteiger partial charge is 0.0542 e. The first-order valence-electron chi connectivity index (χ1n) is 3.79. The minimum atomic E-state index is 0.192. The summed E-state index contributed by atoms with van der Waals surface area (Å²) < 4.78 is 1.12. The van der Waals surface area contributed by atoms with Gasteiger partial charge in [-0.15, -0.1) is 0 Å². The molecule has 0 bridgehead atoms. The predicted octanol–water partition coefficient (Wildman–Crippen LogP) is 2.83. The zero-order valence-corrected chi connectivity index (χ0v) is 9.76. The first kappa shape index (κ1) is 10.3. The molecule has 0 saturated heterocycles. The van der Waals surface area contributed by atoms with Crippen molar-refractivity contribution >= 4 is 34.2 Å². The van der Waals surface area contributed by atoms with Gasteiger partial charge in [-0.1, -0.05) is 23.7 Å². The SMILES string of the molecule is C[C@@H](N)Cc1cccc(Cl)c1I. The van der Waals surface area contributed by atoms with Gasteiger partial charge < -0.3 is 5.73 Å². The molecule has 0 heterocycles. The Morgan fingerprint density at radius 1 is 1.58 bits per heavy atom. The van der Waals surface area contributed by atoms with E-state index >= 15 is 0 Å². The van der Waals surface area contributed by atoms with Crippen LogP contribution in [0.25, 0.3) is 0 Å². The Bertz CT molecular complexity index is 273. The average molecular weight is 296 g/mol. The second-order valence-electron chi connectivity index (χ2n) is 2.89. The molecular formula is C9H11ClIN. The molecule has 1 rings (SSSR count). The second kappa shape index (κ2) is 4.44. The zero-order chi connectivity index (χ0) is 9.14. The van der Waals surface area contributed by atoms with Crippen LogP contribution in [0.3, 0.4) is 0 Å². The maximum atomic E-state index is 5.95. The molecule has 66 valence electrons. The van der Waals surface area contributed by atoms with Crippen LogP contribution < -0.4 is 5.73 Å². The van der Waals surface area contributed by atoms with Crippen molar-refractivity contribution in [3.05, 3.63) is 32.4 Å². The molecule has 2 N–H and O–H groups in total. The number of rotatable bonds is 2. The minimum absolute atomic E-state index is 0.192. The normalized spacial score (nSPS) is 13.0. The van der Waals surface area contributed by atoms with Crippen LogP contribution in [-0.2, 0) is 6.42 Å². The Hall–Kier alpha value is 0.200. The highest BCUT2D eigenvalue weighted by Crippen LogP contribution is 2.22. The van der Waals surface area contributed by atoms with Gasteiger partial charge in [0.25, 0.3) is 0 Å². The fraction of sp³-hybridized carbons (Fsp3) is 0.333. The van der Waals surface area contributed by atoms with Crippen LogP contribution in [0.15, 0.2) is 18.2 Å². The van der Waals surface area contributed by atoms with E-state index in [4.69, 9.17) is 17.3 Å². The largest absolute Gasteiger partial charge is 0.328 e. The van der Waals surface area contributed by atoms with Gasteiger partial charge in [-0.25, -0.2) is 0 Å². The lowest BCUT2D eigenvalue weighted by molar-refractivity contribution is 0.736. The van der Waals surface area contributed by atoms with Crippen molar-refractivity contribution in [2.45, 2.75) is 19.4 Å². The van der Waals surface area contributed by atoms with E-state index in [2.05, 4.69) is 28.7 Å². The topological polar surface area (TPSA) is 26.0 Å². The molecule has 0 radical (unpaired) electrons. The number of nitrogens with two attached hydrogens (primary N) is 1. The van der Waals surface area contributed by atoms with Crippen molar-refractivity contribution in [1.29, 1.82) is 0 Å². The van der Waals surface area contributed by atoms with Crippen molar-refractivity contribution in [2.24, 2.45) is 5.73 Å². The molecule has 0 aromatic heterocycles. The number of hydrogen-bond acceptors (Lipinski definition) is 1. The third-order valence-electron chi connectivity index (χ3n) is 1.57. The Morgan fingerprint density at radius 2 is 2.25 bits per heavy atom. The molecule has 0 fully saturated rings. The molecule has 1 aromatic rings. The number of hydrogen-bond donors (Lipinski definition) is 1. The summed E-state index contributed by atoms with van der Waals surface area (Å²) in [6, 6.07) is 6.12. The van der Waals surface area contributed by atoms with E-state index in [1.54, 1.807) is 0 Å². The molecule has 0 aliphatic carbocycles. The Labute approximate surface area is 91.4 Å². The average Bonchev–Trinajstić information content (AvgIpc) is 1.98. The van der Waals surface area contributed by atoms with Crippen LogP contribution in [0, 0.1) is 3.57 Å². The minimum Gasteiger partial charge on any atom is -0.328 e. The van der Waals surface area contributed by atoms with E-state index in [9.17, 15) is 0 Å². The van der Waals surface area contributed by atoms with Crippen molar-refractivity contribution in [1.82, 2.24) is 0 Å². The lowest BCUT2D eigenvalue weighted by Crippen LogP contribution is -2.18. The number of halogens is 2. The summed E-state index contributed by atoms with van der Waals surface area (Å²) in [6.07, 6.45) is 0.888. The summed E-state index contributed by atoms with van der Waals surface area (Å²) in [6.45, 7) is 2.00. The lowest BCUT2D eigenvalue weighted by Gasteiger charge is -2.08. The fourth-order valence-electron chi connectivity index (χ4n) is 1.05. The van der Waals surface area contributed by atoms with Gasteiger partial charge in [0, 0.05) is 9.61 Å². The summed E-state index contributed by atoms with van der Waals surface area (Å²) in [5, 5.41) is 0.814. The summed E-state index contributed by atoms with van der Waals surface area (Å²) >= 11 is 8.20. The molecule has 0 spiro atoms. The van der Waals surface area contributed by atoms with E-state index in [0.717, 1.165) is 15.0 Å². The van der Waals surface area contributed by atoms with E-state index < -0.39 is 0 Å².